The van der Waals surface area contributed by atoms with E-state index in [1.165, 1.54) is 18.2 Å². The number of rotatable bonds is 4. The zero-order chi connectivity index (χ0) is 12.3. The SMILES string of the molecule is CC(C)S(=O)(=O)Cc1cccc([N+](=O)[O-])c1. The van der Waals surface area contributed by atoms with Crippen molar-refractivity contribution in [3.63, 3.8) is 0 Å². The van der Waals surface area contributed by atoms with Crippen LogP contribution in [0.4, 0.5) is 5.69 Å². The molecule has 88 valence electrons. The third kappa shape index (κ3) is 3.03. The van der Waals surface area contributed by atoms with Crippen LogP contribution >= 0.6 is 0 Å². The van der Waals surface area contributed by atoms with E-state index >= 15 is 0 Å². The molecule has 0 heterocycles. The molecule has 0 aliphatic heterocycles. The van der Waals surface area contributed by atoms with Gasteiger partial charge >= 0.3 is 0 Å². The number of nitro groups is 1. The molecule has 0 saturated heterocycles. The van der Waals surface area contributed by atoms with Crippen molar-refractivity contribution in [2.24, 2.45) is 0 Å². The van der Waals surface area contributed by atoms with Gasteiger partial charge in [0.25, 0.3) is 5.69 Å². The Labute approximate surface area is 94.2 Å². The van der Waals surface area contributed by atoms with E-state index < -0.39 is 20.0 Å². The van der Waals surface area contributed by atoms with Crippen LogP contribution in [-0.4, -0.2) is 18.6 Å². The summed E-state index contributed by atoms with van der Waals surface area (Å²) in [7, 11) is -3.22. The van der Waals surface area contributed by atoms with Crippen molar-refractivity contribution in [1.82, 2.24) is 0 Å². The molecule has 0 saturated carbocycles. The van der Waals surface area contributed by atoms with Crippen LogP contribution in [0, 0.1) is 10.1 Å². The van der Waals surface area contributed by atoms with Crippen LogP contribution in [0.3, 0.4) is 0 Å². The van der Waals surface area contributed by atoms with Gasteiger partial charge in [0.15, 0.2) is 9.84 Å². The van der Waals surface area contributed by atoms with E-state index in [4.69, 9.17) is 0 Å². The van der Waals surface area contributed by atoms with E-state index in [0.717, 1.165) is 0 Å². The first-order chi connectivity index (χ1) is 7.33. The quantitative estimate of drug-likeness (QED) is 0.598. The summed E-state index contributed by atoms with van der Waals surface area (Å²) in [6, 6.07) is 5.70. The monoisotopic (exact) mass is 243 g/mol. The van der Waals surface area contributed by atoms with Crippen molar-refractivity contribution in [2.45, 2.75) is 24.9 Å². The number of benzene rings is 1. The number of sulfone groups is 1. The Morgan fingerprint density at radius 1 is 1.38 bits per heavy atom. The molecule has 1 aromatic carbocycles. The van der Waals surface area contributed by atoms with Gasteiger partial charge in [0.2, 0.25) is 0 Å². The molecule has 0 spiro atoms. The molecule has 0 amide bonds. The highest BCUT2D eigenvalue weighted by Crippen LogP contribution is 2.16. The van der Waals surface area contributed by atoms with E-state index in [1.807, 2.05) is 0 Å². The van der Waals surface area contributed by atoms with Crippen LogP contribution in [0.2, 0.25) is 0 Å². The average Bonchev–Trinajstić information content (AvgIpc) is 2.17. The van der Waals surface area contributed by atoms with Gasteiger partial charge in [-0.15, -0.1) is 0 Å². The first-order valence-corrected chi connectivity index (χ1v) is 6.49. The van der Waals surface area contributed by atoms with E-state index in [1.54, 1.807) is 19.9 Å². The number of nitrogens with zero attached hydrogens (tertiary/aromatic N) is 1. The minimum Gasteiger partial charge on any atom is -0.258 e. The second kappa shape index (κ2) is 4.61. The third-order valence-corrected chi connectivity index (χ3v) is 4.38. The van der Waals surface area contributed by atoms with Crippen molar-refractivity contribution in [2.75, 3.05) is 0 Å². The minimum atomic E-state index is -3.22. The van der Waals surface area contributed by atoms with E-state index in [0.29, 0.717) is 5.56 Å². The molecule has 1 rings (SSSR count). The normalized spacial score (nSPS) is 11.7. The zero-order valence-corrected chi connectivity index (χ0v) is 9.90. The molecular formula is C10H13NO4S. The fourth-order valence-electron chi connectivity index (χ4n) is 1.16. The molecule has 0 aromatic heterocycles. The smallest absolute Gasteiger partial charge is 0.258 e. The third-order valence-electron chi connectivity index (χ3n) is 2.21. The molecule has 0 aliphatic rings. The lowest BCUT2D eigenvalue weighted by atomic mass is 10.2. The topological polar surface area (TPSA) is 77.3 Å². The Morgan fingerprint density at radius 3 is 2.50 bits per heavy atom. The van der Waals surface area contributed by atoms with Gasteiger partial charge in [0, 0.05) is 12.1 Å². The molecule has 0 N–H and O–H groups in total. The van der Waals surface area contributed by atoms with E-state index in [-0.39, 0.29) is 11.4 Å². The molecule has 1 aromatic rings. The predicted molar refractivity (Wildman–Crippen MR) is 60.9 cm³/mol. The maximum Gasteiger partial charge on any atom is 0.269 e. The highest BCUT2D eigenvalue weighted by Gasteiger charge is 2.17. The van der Waals surface area contributed by atoms with Crippen molar-refractivity contribution in [1.29, 1.82) is 0 Å². The van der Waals surface area contributed by atoms with Gasteiger partial charge < -0.3 is 0 Å². The molecule has 5 nitrogen and oxygen atoms in total. The summed E-state index contributed by atoms with van der Waals surface area (Å²) in [6.45, 7) is 3.18. The first kappa shape index (κ1) is 12.6. The van der Waals surface area contributed by atoms with Crippen molar-refractivity contribution in [3.8, 4) is 0 Å². The molecule has 0 unspecified atom stereocenters. The largest absolute Gasteiger partial charge is 0.269 e. The summed E-state index contributed by atoms with van der Waals surface area (Å²) in [6.07, 6.45) is 0. The Bertz CT molecular complexity index is 493. The van der Waals surface area contributed by atoms with Crippen LogP contribution in [0.15, 0.2) is 24.3 Å². The van der Waals surface area contributed by atoms with Gasteiger partial charge in [-0.2, -0.15) is 0 Å². The highest BCUT2D eigenvalue weighted by molar-refractivity contribution is 7.91. The standard InChI is InChI=1S/C10H13NO4S/c1-8(2)16(14,15)7-9-4-3-5-10(6-9)11(12)13/h3-6,8H,7H2,1-2H3. The van der Waals surface area contributed by atoms with Crippen molar-refractivity contribution < 1.29 is 13.3 Å². The number of hydrogen-bond donors (Lipinski definition) is 0. The second-order valence-electron chi connectivity index (χ2n) is 3.78. The maximum absolute atomic E-state index is 11.6. The van der Waals surface area contributed by atoms with Crippen molar-refractivity contribution >= 4 is 15.5 Å². The van der Waals surface area contributed by atoms with Crippen LogP contribution in [0.5, 0.6) is 0 Å². The molecule has 16 heavy (non-hydrogen) atoms. The van der Waals surface area contributed by atoms with E-state index in [2.05, 4.69) is 0 Å². The maximum atomic E-state index is 11.6. The van der Waals surface area contributed by atoms with Crippen molar-refractivity contribution in [3.05, 3.63) is 39.9 Å². The average molecular weight is 243 g/mol. The summed E-state index contributed by atoms with van der Waals surface area (Å²) in [5.41, 5.74) is 0.361. The van der Waals surface area contributed by atoms with Gasteiger partial charge in [-0.1, -0.05) is 12.1 Å². The lowest BCUT2D eigenvalue weighted by Gasteiger charge is -2.07. The number of non-ortho nitro benzene ring substituents is 1. The van der Waals surface area contributed by atoms with Gasteiger partial charge in [-0.3, -0.25) is 10.1 Å². The molecule has 0 atom stereocenters. The molecule has 0 fully saturated rings. The number of nitro benzene ring substituents is 1. The molecule has 0 radical (unpaired) electrons. The molecule has 6 heteroatoms. The Kier molecular flexibility index (Phi) is 3.64. The second-order valence-corrected chi connectivity index (χ2v) is 6.34. The zero-order valence-electron chi connectivity index (χ0n) is 9.08. The lowest BCUT2D eigenvalue weighted by Crippen LogP contribution is -2.16. The summed E-state index contributed by atoms with van der Waals surface area (Å²) >= 11 is 0. The predicted octanol–water partition coefficient (Wildman–Crippen LogP) is 1.92. The Hall–Kier alpha value is -1.43. The van der Waals surface area contributed by atoms with Gasteiger partial charge in [0.05, 0.1) is 15.9 Å². The minimum absolute atomic E-state index is 0.0866. The Balaban J connectivity index is 2.99. The summed E-state index contributed by atoms with van der Waals surface area (Å²) in [5, 5.41) is 10.0. The van der Waals surface area contributed by atoms with Gasteiger partial charge in [0.1, 0.15) is 0 Å². The molecule has 0 bridgehead atoms. The van der Waals surface area contributed by atoms with Crippen LogP contribution in [-0.2, 0) is 15.6 Å². The van der Waals surface area contributed by atoms with Gasteiger partial charge in [-0.25, -0.2) is 8.42 Å². The fraction of sp³-hybridized carbons (Fsp3) is 0.400. The summed E-state index contributed by atoms with van der Waals surface area (Å²) in [4.78, 5) is 9.97. The highest BCUT2D eigenvalue weighted by atomic mass is 32.2. The lowest BCUT2D eigenvalue weighted by molar-refractivity contribution is -0.384. The molecular weight excluding hydrogens is 230 g/mol. The first-order valence-electron chi connectivity index (χ1n) is 4.78. The van der Waals surface area contributed by atoms with E-state index in [9.17, 15) is 18.5 Å². The van der Waals surface area contributed by atoms with Crippen LogP contribution < -0.4 is 0 Å². The van der Waals surface area contributed by atoms with Crippen LogP contribution in [0.25, 0.3) is 0 Å². The summed E-state index contributed by atoms with van der Waals surface area (Å²) < 4.78 is 23.2. The fourth-order valence-corrected chi connectivity index (χ4v) is 2.14. The van der Waals surface area contributed by atoms with Crippen LogP contribution in [0.1, 0.15) is 19.4 Å². The molecule has 0 aliphatic carbocycles. The van der Waals surface area contributed by atoms with Gasteiger partial charge in [-0.05, 0) is 19.4 Å². The Morgan fingerprint density at radius 2 is 2.00 bits per heavy atom. The summed E-state index contributed by atoms with van der Waals surface area (Å²) in [5.74, 6) is -0.160. The number of hydrogen-bond acceptors (Lipinski definition) is 4.